The van der Waals surface area contributed by atoms with E-state index < -0.39 is 48.2 Å². The Morgan fingerprint density at radius 3 is 2.68 bits per heavy atom. The normalized spacial score (nSPS) is 11.3. The third-order valence-corrected chi connectivity index (χ3v) is 1.83. The molecule has 0 amide bonds. The first-order chi connectivity index (χ1) is 8.69. The molecule has 0 saturated carbocycles. The summed E-state index contributed by atoms with van der Waals surface area (Å²) in [6.07, 6.45) is -4.98. The minimum atomic E-state index is -4.46. The van der Waals surface area contributed by atoms with E-state index in [-0.39, 0.29) is 0 Å². The van der Waals surface area contributed by atoms with Crippen LogP contribution in [0.3, 0.4) is 0 Å². The molecule has 1 heterocycles. The molecule has 106 valence electrons. The summed E-state index contributed by atoms with van der Waals surface area (Å²) in [6.45, 7) is -1.50. The molecule has 0 unspecified atom stereocenters. The van der Waals surface area contributed by atoms with E-state index in [0.29, 0.717) is 4.68 Å². The number of carbonyl (C=O) groups is 1. The van der Waals surface area contributed by atoms with Crippen LogP contribution in [0.5, 0.6) is 5.88 Å². The minimum absolute atomic E-state index is 0.643. The summed E-state index contributed by atoms with van der Waals surface area (Å²) in [7, 11) is 0. The van der Waals surface area contributed by atoms with Gasteiger partial charge < -0.3 is 9.84 Å². The van der Waals surface area contributed by atoms with Gasteiger partial charge in [0.1, 0.15) is 12.7 Å². The molecule has 0 bridgehead atoms. The van der Waals surface area contributed by atoms with Crippen molar-refractivity contribution < 1.29 is 32.7 Å². The van der Waals surface area contributed by atoms with Crippen LogP contribution >= 0.6 is 0 Å². The molecule has 1 N–H and O–H groups in total. The Kier molecular flexibility index (Phi) is 4.30. The minimum Gasteiger partial charge on any atom is -0.480 e. The smallest absolute Gasteiger partial charge is 0.392 e. The van der Waals surface area contributed by atoms with Crippen LogP contribution in [0, 0.1) is 10.1 Å². The monoisotopic (exact) mass is 283 g/mol. The zero-order valence-electron chi connectivity index (χ0n) is 9.25. The maximum absolute atomic E-state index is 11.9. The van der Waals surface area contributed by atoms with Gasteiger partial charge in [0.15, 0.2) is 0 Å². The highest BCUT2D eigenvalue weighted by molar-refractivity contribution is 5.66. The van der Waals surface area contributed by atoms with Crippen LogP contribution in [-0.2, 0) is 11.3 Å². The van der Waals surface area contributed by atoms with E-state index >= 15 is 0 Å². The third kappa shape index (κ3) is 4.81. The Bertz CT molecular complexity index is 484. The van der Waals surface area contributed by atoms with Gasteiger partial charge in [-0.05, 0) is 0 Å². The van der Waals surface area contributed by atoms with Gasteiger partial charge in [0.05, 0.1) is 18.0 Å². The molecule has 1 rings (SSSR count). The average molecular weight is 283 g/mol. The van der Waals surface area contributed by atoms with E-state index in [0.717, 1.165) is 6.20 Å². The molecule has 1 aromatic heterocycles. The fraction of sp³-hybridized carbons (Fsp3) is 0.500. The predicted octanol–water partition coefficient (Wildman–Crippen LogP) is 1.21. The largest absolute Gasteiger partial charge is 0.480 e. The predicted molar refractivity (Wildman–Crippen MR) is 52.7 cm³/mol. The average Bonchev–Trinajstić information content (AvgIpc) is 2.58. The molecule has 0 fully saturated rings. The SMILES string of the molecule is O=C(O)Cn1cc([N+](=O)[O-])c(OCCC(F)(F)F)n1. The molecular weight excluding hydrogens is 275 g/mol. The fourth-order valence-electron chi connectivity index (χ4n) is 1.10. The number of alkyl halides is 3. The zero-order chi connectivity index (χ0) is 14.6. The molecule has 11 heteroatoms. The standard InChI is InChI=1S/C8H8F3N3O5/c9-8(10,11)1-2-19-7-5(14(17)18)3-13(12-7)4-6(15)16/h3H,1-2,4H2,(H,15,16). The van der Waals surface area contributed by atoms with E-state index in [4.69, 9.17) is 5.11 Å². The lowest BCUT2D eigenvalue weighted by molar-refractivity contribution is -0.386. The molecule has 0 aliphatic rings. The van der Waals surface area contributed by atoms with E-state index in [1.807, 2.05) is 0 Å². The van der Waals surface area contributed by atoms with Gasteiger partial charge >= 0.3 is 23.7 Å². The zero-order valence-corrected chi connectivity index (χ0v) is 9.25. The van der Waals surface area contributed by atoms with E-state index in [2.05, 4.69) is 9.84 Å². The number of hydrogen-bond acceptors (Lipinski definition) is 5. The van der Waals surface area contributed by atoms with Crippen molar-refractivity contribution in [3.05, 3.63) is 16.3 Å². The summed E-state index contributed by atoms with van der Waals surface area (Å²) < 4.78 is 40.9. The summed E-state index contributed by atoms with van der Waals surface area (Å²) in [5.41, 5.74) is -0.691. The third-order valence-electron chi connectivity index (χ3n) is 1.83. The van der Waals surface area contributed by atoms with E-state index in [1.54, 1.807) is 0 Å². The quantitative estimate of drug-likeness (QED) is 0.621. The van der Waals surface area contributed by atoms with E-state index in [9.17, 15) is 28.1 Å². The van der Waals surface area contributed by atoms with Crippen molar-refractivity contribution in [1.82, 2.24) is 9.78 Å². The van der Waals surface area contributed by atoms with Crippen LogP contribution in [0.1, 0.15) is 6.42 Å². The summed E-state index contributed by atoms with van der Waals surface area (Å²) in [4.78, 5) is 20.0. The number of nitrogens with zero attached hydrogens (tertiary/aromatic N) is 3. The lowest BCUT2D eigenvalue weighted by atomic mass is 10.4. The van der Waals surface area contributed by atoms with Gasteiger partial charge in [0.25, 0.3) is 0 Å². The second kappa shape index (κ2) is 5.54. The van der Waals surface area contributed by atoms with Gasteiger partial charge in [-0.15, -0.1) is 5.10 Å². The van der Waals surface area contributed by atoms with Crippen molar-refractivity contribution in [2.45, 2.75) is 19.1 Å². The number of carboxylic acid groups (broad SMARTS) is 1. The second-order valence-corrected chi connectivity index (χ2v) is 3.38. The van der Waals surface area contributed by atoms with Crippen LogP contribution in [0.2, 0.25) is 0 Å². The summed E-state index contributed by atoms with van der Waals surface area (Å²) in [5, 5.41) is 22.4. The van der Waals surface area contributed by atoms with Crippen molar-refractivity contribution in [3.63, 3.8) is 0 Å². The first kappa shape index (κ1) is 14.7. The van der Waals surface area contributed by atoms with Gasteiger partial charge in [0.2, 0.25) is 0 Å². The molecule has 19 heavy (non-hydrogen) atoms. The Balaban J connectivity index is 2.77. The van der Waals surface area contributed by atoms with E-state index in [1.165, 1.54) is 0 Å². The number of aliphatic carboxylic acids is 1. The van der Waals surface area contributed by atoms with Crippen molar-refractivity contribution in [1.29, 1.82) is 0 Å². The van der Waals surface area contributed by atoms with Crippen LogP contribution in [0.4, 0.5) is 18.9 Å². The highest BCUT2D eigenvalue weighted by Gasteiger charge is 2.28. The maximum Gasteiger partial charge on any atom is 0.392 e. The fourth-order valence-corrected chi connectivity index (χ4v) is 1.10. The van der Waals surface area contributed by atoms with Gasteiger partial charge in [-0.3, -0.25) is 19.6 Å². The highest BCUT2D eigenvalue weighted by Crippen LogP contribution is 2.26. The molecule has 0 aliphatic heterocycles. The molecule has 0 saturated heterocycles. The Labute approximate surface area is 103 Å². The number of carboxylic acids is 1. The number of nitro groups is 1. The number of ether oxygens (including phenoxy) is 1. The number of halogens is 3. The van der Waals surface area contributed by atoms with Crippen molar-refractivity contribution >= 4 is 11.7 Å². The van der Waals surface area contributed by atoms with Gasteiger partial charge in [0, 0.05) is 0 Å². The van der Waals surface area contributed by atoms with Crippen molar-refractivity contribution in [2.75, 3.05) is 6.61 Å². The second-order valence-electron chi connectivity index (χ2n) is 3.38. The molecule has 0 spiro atoms. The van der Waals surface area contributed by atoms with Gasteiger partial charge in [-0.1, -0.05) is 0 Å². The maximum atomic E-state index is 11.9. The van der Waals surface area contributed by atoms with Crippen LogP contribution in [-0.4, -0.2) is 38.6 Å². The van der Waals surface area contributed by atoms with Crippen LogP contribution in [0.25, 0.3) is 0 Å². The first-order valence-corrected chi connectivity index (χ1v) is 4.82. The molecule has 0 radical (unpaired) electrons. The highest BCUT2D eigenvalue weighted by atomic mass is 19.4. The molecule has 0 aromatic carbocycles. The Morgan fingerprint density at radius 2 is 2.21 bits per heavy atom. The molecule has 0 atom stereocenters. The molecule has 0 aliphatic carbocycles. The molecule has 1 aromatic rings. The molecular formula is C8H8F3N3O5. The van der Waals surface area contributed by atoms with Crippen LogP contribution < -0.4 is 4.74 Å². The Hall–Kier alpha value is -2.33. The van der Waals surface area contributed by atoms with Crippen LogP contribution in [0.15, 0.2) is 6.20 Å². The van der Waals surface area contributed by atoms with Gasteiger partial charge in [-0.25, -0.2) is 0 Å². The number of aromatic nitrogens is 2. The lowest BCUT2D eigenvalue weighted by Crippen LogP contribution is -2.14. The molecule has 8 nitrogen and oxygen atoms in total. The van der Waals surface area contributed by atoms with Crippen molar-refractivity contribution in [2.24, 2.45) is 0 Å². The number of hydrogen-bond donors (Lipinski definition) is 1. The number of rotatable bonds is 6. The topological polar surface area (TPSA) is 107 Å². The Morgan fingerprint density at radius 1 is 1.58 bits per heavy atom. The lowest BCUT2D eigenvalue weighted by Gasteiger charge is -2.05. The summed E-state index contributed by atoms with van der Waals surface area (Å²) >= 11 is 0. The summed E-state index contributed by atoms with van der Waals surface area (Å²) in [6, 6.07) is 0. The van der Waals surface area contributed by atoms with Gasteiger partial charge in [-0.2, -0.15) is 13.2 Å². The summed E-state index contributed by atoms with van der Waals surface area (Å²) in [5.74, 6) is -1.95. The first-order valence-electron chi connectivity index (χ1n) is 4.82. The van der Waals surface area contributed by atoms with Crippen molar-refractivity contribution in [3.8, 4) is 5.88 Å².